The number of aliphatic hydroxyl groups is 1. The average Bonchev–Trinajstić information content (AvgIpc) is 3.42. The predicted octanol–water partition coefficient (Wildman–Crippen LogP) is 3.45. The van der Waals surface area contributed by atoms with Gasteiger partial charge in [-0.1, -0.05) is 24.2 Å². The maximum Gasteiger partial charge on any atom is 0.211 e. The molecule has 0 aromatic carbocycles. The van der Waals surface area contributed by atoms with E-state index in [1.807, 2.05) is 24.4 Å². The summed E-state index contributed by atoms with van der Waals surface area (Å²) in [6, 6.07) is 5.92. The first-order valence-electron chi connectivity index (χ1n) is 9.55. The van der Waals surface area contributed by atoms with Crippen molar-refractivity contribution in [2.45, 2.75) is 44.1 Å². The summed E-state index contributed by atoms with van der Waals surface area (Å²) in [6.07, 6.45) is 7.44. The summed E-state index contributed by atoms with van der Waals surface area (Å²) in [5.41, 5.74) is 2.69. The molecule has 1 atom stereocenters. The van der Waals surface area contributed by atoms with E-state index in [0.29, 0.717) is 12.5 Å². The molecule has 8 heteroatoms. The summed E-state index contributed by atoms with van der Waals surface area (Å²) in [6.45, 7) is 1.50. The predicted molar refractivity (Wildman–Crippen MR) is 107 cm³/mol. The zero-order chi connectivity index (χ0) is 18.2. The van der Waals surface area contributed by atoms with Crippen molar-refractivity contribution < 1.29 is 5.11 Å². The Balaban J connectivity index is 1.37. The summed E-state index contributed by atoms with van der Waals surface area (Å²) in [7, 11) is 0. The van der Waals surface area contributed by atoms with Gasteiger partial charge in [0.2, 0.25) is 5.13 Å². The van der Waals surface area contributed by atoms with Gasteiger partial charge in [0, 0.05) is 19.0 Å². The molecule has 27 heavy (non-hydrogen) atoms. The number of pyridine rings is 2. The maximum atomic E-state index is 9.76. The Kier molecular flexibility index (Phi) is 4.37. The lowest BCUT2D eigenvalue weighted by atomic mass is 10.1. The Morgan fingerprint density at radius 1 is 1.11 bits per heavy atom. The van der Waals surface area contributed by atoms with E-state index in [-0.39, 0.29) is 6.10 Å². The molecule has 1 unspecified atom stereocenters. The zero-order valence-electron chi connectivity index (χ0n) is 15.0. The molecule has 7 nitrogen and oxygen atoms in total. The minimum absolute atomic E-state index is 0.256. The Morgan fingerprint density at radius 2 is 2.00 bits per heavy atom. The van der Waals surface area contributed by atoms with Crippen molar-refractivity contribution in [1.29, 1.82) is 0 Å². The smallest absolute Gasteiger partial charge is 0.211 e. The van der Waals surface area contributed by atoms with E-state index in [0.717, 1.165) is 45.6 Å². The topological polar surface area (TPSA) is 87.1 Å². The second kappa shape index (κ2) is 7.01. The maximum absolute atomic E-state index is 9.76. The normalized spacial score (nSPS) is 20.6. The minimum atomic E-state index is -0.256. The van der Waals surface area contributed by atoms with E-state index in [2.05, 4.69) is 25.4 Å². The van der Waals surface area contributed by atoms with Gasteiger partial charge in [0.1, 0.15) is 10.8 Å². The van der Waals surface area contributed by atoms with Gasteiger partial charge in [-0.2, -0.15) is 0 Å². The second-order valence-corrected chi connectivity index (χ2v) is 8.38. The van der Waals surface area contributed by atoms with Crippen molar-refractivity contribution in [1.82, 2.24) is 20.2 Å². The SMILES string of the molecule is OC1CCN(c2cnc3ccc(Nc4nnc(C5CCCC5)s4)nc3c2)C1. The standard InChI is InChI=1S/C19H22N6OS/c26-14-7-8-25(11-14)13-9-16-15(20-10-13)5-6-17(21-16)22-19-24-23-18(27-19)12-3-1-2-4-12/h5-6,9-10,12,14,26H,1-4,7-8,11H2,(H,21,22,24). The second-order valence-electron chi connectivity index (χ2n) is 7.37. The Hall–Kier alpha value is -2.32. The summed E-state index contributed by atoms with van der Waals surface area (Å²) in [5.74, 6) is 1.32. The lowest BCUT2D eigenvalue weighted by Crippen LogP contribution is -2.21. The molecule has 0 radical (unpaired) electrons. The van der Waals surface area contributed by atoms with Crippen LogP contribution in [0.1, 0.15) is 43.0 Å². The molecule has 3 aromatic heterocycles. The molecule has 0 spiro atoms. The third kappa shape index (κ3) is 3.46. The molecule has 140 valence electrons. The summed E-state index contributed by atoms with van der Waals surface area (Å²) < 4.78 is 0. The molecule has 0 bridgehead atoms. The van der Waals surface area contributed by atoms with Gasteiger partial charge in [0.15, 0.2) is 0 Å². The van der Waals surface area contributed by atoms with Gasteiger partial charge in [0.25, 0.3) is 0 Å². The molecule has 3 aromatic rings. The van der Waals surface area contributed by atoms with E-state index >= 15 is 0 Å². The van der Waals surface area contributed by atoms with Gasteiger partial charge >= 0.3 is 0 Å². The van der Waals surface area contributed by atoms with Crippen molar-refractivity contribution in [3.8, 4) is 0 Å². The van der Waals surface area contributed by atoms with Crippen molar-refractivity contribution >= 4 is 39.0 Å². The van der Waals surface area contributed by atoms with Crippen LogP contribution in [-0.2, 0) is 0 Å². The first kappa shape index (κ1) is 16.8. The van der Waals surface area contributed by atoms with Gasteiger partial charge in [-0.25, -0.2) is 4.98 Å². The first-order chi connectivity index (χ1) is 13.2. The fourth-order valence-electron chi connectivity index (χ4n) is 3.95. The number of rotatable bonds is 4. The molecule has 0 amide bonds. The van der Waals surface area contributed by atoms with Crippen molar-refractivity contribution in [2.75, 3.05) is 23.3 Å². The molecule has 5 rings (SSSR count). The number of nitrogens with zero attached hydrogens (tertiary/aromatic N) is 5. The van der Waals surface area contributed by atoms with Gasteiger partial charge < -0.3 is 15.3 Å². The van der Waals surface area contributed by atoms with Crippen LogP contribution in [0.3, 0.4) is 0 Å². The number of aromatic nitrogens is 4. The summed E-state index contributed by atoms with van der Waals surface area (Å²) >= 11 is 1.63. The molecule has 2 N–H and O–H groups in total. The fraction of sp³-hybridized carbons (Fsp3) is 0.474. The van der Waals surface area contributed by atoms with Crippen LogP contribution in [0.4, 0.5) is 16.6 Å². The van der Waals surface area contributed by atoms with Crippen LogP contribution < -0.4 is 10.2 Å². The number of hydrogen-bond donors (Lipinski definition) is 2. The molecule has 1 aliphatic heterocycles. The average molecular weight is 382 g/mol. The van der Waals surface area contributed by atoms with Gasteiger partial charge in [-0.3, -0.25) is 4.98 Å². The fourth-order valence-corrected chi connectivity index (χ4v) is 4.87. The molecule has 2 fully saturated rings. The molecule has 1 aliphatic carbocycles. The number of fused-ring (bicyclic) bond motifs is 1. The molecule has 1 saturated heterocycles. The highest BCUT2D eigenvalue weighted by atomic mass is 32.1. The quantitative estimate of drug-likeness (QED) is 0.714. The lowest BCUT2D eigenvalue weighted by molar-refractivity contribution is 0.198. The van der Waals surface area contributed by atoms with Crippen molar-refractivity contribution in [3.63, 3.8) is 0 Å². The van der Waals surface area contributed by atoms with E-state index in [1.54, 1.807) is 11.3 Å². The number of anilines is 3. The number of β-amino-alcohol motifs (C(OH)–C–C–N with tert-alkyl or cyclic N) is 1. The Morgan fingerprint density at radius 3 is 2.81 bits per heavy atom. The molecule has 1 saturated carbocycles. The number of aliphatic hydroxyl groups excluding tert-OH is 1. The van der Waals surface area contributed by atoms with E-state index in [1.165, 1.54) is 25.7 Å². The number of hydrogen-bond acceptors (Lipinski definition) is 8. The minimum Gasteiger partial charge on any atom is -0.391 e. The van der Waals surface area contributed by atoms with Crippen LogP contribution >= 0.6 is 11.3 Å². The van der Waals surface area contributed by atoms with Crippen LogP contribution in [0.2, 0.25) is 0 Å². The van der Waals surface area contributed by atoms with E-state index < -0.39 is 0 Å². The van der Waals surface area contributed by atoms with E-state index in [4.69, 9.17) is 4.98 Å². The highest BCUT2D eigenvalue weighted by molar-refractivity contribution is 7.15. The highest BCUT2D eigenvalue weighted by Gasteiger charge is 2.22. The third-order valence-corrected chi connectivity index (χ3v) is 6.43. The summed E-state index contributed by atoms with van der Waals surface area (Å²) in [4.78, 5) is 11.4. The van der Waals surface area contributed by atoms with Gasteiger partial charge in [0.05, 0.1) is 29.0 Å². The highest BCUT2D eigenvalue weighted by Crippen LogP contribution is 2.37. The Labute approximate surface area is 161 Å². The van der Waals surface area contributed by atoms with Crippen molar-refractivity contribution in [3.05, 3.63) is 29.4 Å². The van der Waals surface area contributed by atoms with Crippen LogP contribution in [0.5, 0.6) is 0 Å². The van der Waals surface area contributed by atoms with Crippen LogP contribution in [0.25, 0.3) is 11.0 Å². The monoisotopic (exact) mass is 382 g/mol. The third-order valence-electron chi connectivity index (χ3n) is 5.43. The summed E-state index contributed by atoms with van der Waals surface area (Å²) in [5, 5.41) is 23.6. The molecule has 2 aliphatic rings. The Bertz CT molecular complexity index is 954. The number of nitrogens with one attached hydrogen (secondary N) is 1. The van der Waals surface area contributed by atoms with Crippen LogP contribution in [0.15, 0.2) is 24.4 Å². The zero-order valence-corrected chi connectivity index (χ0v) is 15.8. The van der Waals surface area contributed by atoms with Crippen LogP contribution in [-0.4, -0.2) is 44.5 Å². The van der Waals surface area contributed by atoms with Gasteiger partial charge in [-0.15, -0.1) is 10.2 Å². The van der Waals surface area contributed by atoms with Gasteiger partial charge in [-0.05, 0) is 37.5 Å². The molecule has 4 heterocycles. The largest absolute Gasteiger partial charge is 0.391 e. The van der Waals surface area contributed by atoms with Crippen LogP contribution in [0, 0.1) is 0 Å². The lowest BCUT2D eigenvalue weighted by Gasteiger charge is -2.17. The van der Waals surface area contributed by atoms with Crippen molar-refractivity contribution in [2.24, 2.45) is 0 Å². The molecular formula is C19H22N6OS. The molecular weight excluding hydrogens is 360 g/mol. The first-order valence-corrected chi connectivity index (χ1v) is 10.4. The van der Waals surface area contributed by atoms with E-state index in [9.17, 15) is 5.11 Å².